The Labute approximate surface area is 159 Å². The zero-order valence-corrected chi connectivity index (χ0v) is 15.3. The summed E-state index contributed by atoms with van der Waals surface area (Å²) in [7, 11) is -3.74. The summed E-state index contributed by atoms with van der Waals surface area (Å²) in [5.41, 5.74) is 8.21. The minimum atomic E-state index is -3.74. The summed E-state index contributed by atoms with van der Waals surface area (Å²) >= 11 is 0. The van der Waals surface area contributed by atoms with Gasteiger partial charge in [-0.3, -0.25) is 9.71 Å². The lowest BCUT2D eigenvalue weighted by molar-refractivity contribution is 0.601. The Bertz CT molecular complexity index is 1290. The van der Waals surface area contributed by atoms with E-state index in [1.165, 1.54) is 24.7 Å². The number of nitrogens with zero attached hydrogens (tertiary/aromatic N) is 3. The van der Waals surface area contributed by atoms with Crippen molar-refractivity contribution in [3.05, 3.63) is 77.1 Å². The summed E-state index contributed by atoms with van der Waals surface area (Å²) in [6.45, 7) is 0.388. The van der Waals surface area contributed by atoms with E-state index in [9.17, 15) is 13.2 Å². The largest absolute Gasteiger partial charge is 0.349 e. The molecule has 0 bridgehead atoms. The Morgan fingerprint density at radius 3 is 2.46 bits per heavy atom. The van der Waals surface area contributed by atoms with Gasteiger partial charge in [0.15, 0.2) is 5.65 Å². The van der Waals surface area contributed by atoms with E-state index in [2.05, 4.69) is 19.8 Å². The van der Waals surface area contributed by atoms with E-state index in [-0.39, 0.29) is 4.90 Å². The molecule has 0 amide bonds. The minimum absolute atomic E-state index is 0.112. The Balaban J connectivity index is 1.63. The molecule has 0 saturated carbocycles. The molecule has 2 heterocycles. The van der Waals surface area contributed by atoms with Crippen LogP contribution in [0.25, 0.3) is 16.8 Å². The van der Waals surface area contributed by atoms with E-state index in [0.29, 0.717) is 29.0 Å². The van der Waals surface area contributed by atoms with Crippen LogP contribution in [0.3, 0.4) is 0 Å². The third-order valence-corrected chi connectivity index (χ3v) is 5.63. The van der Waals surface area contributed by atoms with Crippen LogP contribution >= 0.6 is 0 Å². The first-order valence-electron chi connectivity index (χ1n) is 8.31. The third kappa shape index (κ3) is 3.26. The van der Waals surface area contributed by atoms with Crippen molar-refractivity contribution in [3.63, 3.8) is 0 Å². The highest BCUT2D eigenvalue weighted by molar-refractivity contribution is 7.92. The Morgan fingerprint density at radius 2 is 1.79 bits per heavy atom. The highest BCUT2D eigenvalue weighted by Crippen LogP contribution is 2.24. The minimum Gasteiger partial charge on any atom is -0.326 e. The van der Waals surface area contributed by atoms with Crippen molar-refractivity contribution in [2.75, 3.05) is 4.72 Å². The lowest BCUT2D eigenvalue weighted by atomic mass is 10.1. The standard InChI is InChI=1S/C18H16N6O3S/c19-9-12-1-5-14(6-2-12)23-28(26,27)15-7-3-13(4-8-15)16-10-22-24-17(16)20-11-21-18(24)25/h1-8,10-11,23H,9,19H2,(H,20,21,25). The van der Waals surface area contributed by atoms with Crippen molar-refractivity contribution >= 4 is 21.4 Å². The molecule has 0 spiro atoms. The molecule has 0 aliphatic carbocycles. The number of aromatic amines is 1. The van der Waals surface area contributed by atoms with Gasteiger partial charge in [0.1, 0.15) is 0 Å². The molecule has 9 nitrogen and oxygen atoms in total. The predicted molar refractivity (Wildman–Crippen MR) is 104 cm³/mol. The van der Waals surface area contributed by atoms with Gasteiger partial charge >= 0.3 is 5.69 Å². The molecule has 10 heteroatoms. The summed E-state index contributed by atoms with van der Waals surface area (Å²) in [6.07, 6.45) is 2.81. The monoisotopic (exact) mass is 396 g/mol. The molecule has 0 radical (unpaired) electrons. The van der Waals surface area contributed by atoms with Crippen molar-refractivity contribution in [2.24, 2.45) is 5.73 Å². The number of aromatic nitrogens is 4. The molecular formula is C18H16N6O3S. The molecule has 2 aromatic carbocycles. The van der Waals surface area contributed by atoms with Crippen molar-refractivity contribution in [1.82, 2.24) is 19.6 Å². The Hall–Kier alpha value is -3.50. The van der Waals surface area contributed by atoms with Gasteiger partial charge in [-0.1, -0.05) is 24.3 Å². The molecule has 142 valence electrons. The quantitative estimate of drug-likeness (QED) is 0.466. The van der Waals surface area contributed by atoms with E-state index in [1.807, 2.05) is 0 Å². The fourth-order valence-corrected chi connectivity index (χ4v) is 3.82. The van der Waals surface area contributed by atoms with E-state index in [4.69, 9.17) is 5.73 Å². The van der Waals surface area contributed by atoms with E-state index in [1.54, 1.807) is 36.4 Å². The van der Waals surface area contributed by atoms with Gasteiger partial charge in [0.05, 0.1) is 17.4 Å². The topological polar surface area (TPSA) is 135 Å². The van der Waals surface area contributed by atoms with Crippen LogP contribution in [-0.4, -0.2) is 28.0 Å². The first kappa shape index (κ1) is 17.9. The van der Waals surface area contributed by atoms with Gasteiger partial charge in [0.2, 0.25) is 0 Å². The third-order valence-electron chi connectivity index (χ3n) is 4.23. The predicted octanol–water partition coefficient (Wildman–Crippen LogP) is 1.34. The lowest BCUT2D eigenvalue weighted by Crippen LogP contribution is -2.17. The van der Waals surface area contributed by atoms with Crippen molar-refractivity contribution < 1.29 is 8.42 Å². The Morgan fingerprint density at radius 1 is 1.07 bits per heavy atom. The van der Waals surface area contributed by atoms with Crippen LogP contribution in [0.2, 0.25) is 0 Å². The SMILES string of the molecule is NCc1ccc(NS(=O)(=O)c2ccc(-c3cnn4c(=O)[nH]cnc34)cc2)cc1. The maximum atomic E-state index is 12.6. The van der Waals surface area contributed by atoms with E-state index in [0.717, 1.165) is 10.1 Å². The van der Waals surface area contributed by atoms with Crippen LogP contribution in [0.1, 0.15) is 5.56 Å². The molecule has 0 fully saturated rings. The van der Waals surface area contributed by atoms with Gasteiger partial charge in [-0.05, 0) is 35.4 Å². The van der Waals surface area contributed by atoms with E-state index >= 15 is 0 Å². The van der Waals surface area contributed by atoms with Crippen LogP contribution < -0.4 is 16.1 Å². The highest BCUT2D eigenvalue weighted by atomic mass is 32.2. The molecule has 0 unspecified atom stereocenters. The highest BCUT2D eigenvalue weighted by Gasteiger charge is 2.16. The number of rotatable bonds is 5. The first-order chi connectivity index (χ1) is 13.5. The maximum Gasteiger partial charge on any atom is 0.349 e. The molecule has 0 aliphatic rings. The fraction of sp³-hybridized carbons (Fsp3) is 0.0556. The van der Waals surface area contributed by atoms with Crippen LogP contribution in [0, 0.1) is 0 Å². The van der Waals surface area contributed by atoms with Gasteiger partial charge < -0.3 is 5.73 Å². The van der Waals surface area contributed by atoms with Gasteiger partial charge in [0.25, 0.3) is 10.0 Å². The van der Waals surface area contributed by atoms with Crippen molar-refractivity contribution in [3.8, 4) is 11.1 Å². The zero-order valence-electron chi connectivity index (χ0n) is 14.5. The molecular weight excluding hydrogens is 380 g/mol. The van der Waals surface area contributed by atoms with Crippen LogP contribution in [0.15, 0.2) is 70.7 Å². The zero-order chi connectivity index (χ0) is 19.7. The number of benzene rings is 2. The molecule has 4 N–H and O–H groups in total. The average molecular weight is 396 g/mol. The number of hydrogen-bond donors (Lipinski definition) is 3. The smallest absolute Gasteiger partial charge is 0.326 e. The van der Waals surface area contributed by atoms with Crippen LogP contribution in [0.4, 0.5) is 5.69 Å². The normalized spacial score (nSPS) is 11.6. The van der Waals surface area contributed by atoms with Gasteiger partial charge in [-0.25, -0.2) is 18.2 Å². The first-order valence-corrected chi connectivity index (χ1v) is 9.80. The number of fused-ring (bicyclic) bond motifs is 1. The molecule has 0 saturated heterocycles. The second-order valence-corrected chi connectivity index (χ2v) is 7.71. The summed E-state index contributed by atoms with van der Waals surface area (Å²) in [6, 6.07) is 13.1. The summed E-state index contributed by atoms with van der Waals surface area (Å²) in [5, 5.41) is 4.01. The summed E-state index contributed by atoms with van der Waals surface area (Å²) in [5.74, 6) is 0. The number of hydrogen-bond acceptors (Lipinski definition) is 6. The second-order valence-electron chi connectivity index (χ2n) is 6.03. The molecule has 4 rings (SSSR count). The van der Waals surface area contributed by atoms with E-state index < -0.39 is 15.7 Å². The number of sulfonamides is 1. The summed E-state index contributed by atoms with van der Waals surface area (Å²) in [4.78, 5) is 18.4. The van der Waals surface area contributed by atoms with Gasteiger partial charge in [0, 0.05) is 17.8 Å². The molecule has 28 heavy (non-hydrogen) atoms. The maximum absolute atomic E-state index is 12.6. The number of H-pyrrole nitrogens is 1. The van der Waals surface area contributed by atoms with Crippen molar-refractivity contribution in [1.29, 1.82) is 0 Å². The van der Waals surface area contributed by atoms with Crippen LogP contribution in [-0.2, 0) is 16.6 Å². The fourth-order valence-electron chi connectivity index (χ4n) is 2.76. The Kier molecular flexibility index (Phi) is 4.41. The van der Waals surface area contributed by atoms with Crippen molar-refractivity contribution in [2.45, 2.75) is 11.4 Å². The molecule has 4 aromatic rings. The molecule has 2 aromatic heterocycles. The number of nitrogens with two attached hydrogens (primary N) is 1. The van der Waals surface area contributed by atoms with Crippen LogP contribution in [0.5, 0.6) is 0 Å². The molecule has 0 aliphatic heterocycles. The molecule has 0 atom stereocenters. The second kappa shape index (κ2) is 6.91. The van der Waals surface area contributed by atoms with Gasteiger partial charge in [-0.15, -0.1) is 0 Å². The van der Waals surface area contributed by atoms with Gasteiger partial charge in [-0.2, -0.15) is 9.61 Å². The summed E-state index contributed by atoms with van der Waals surface area (Å²) < 4.78 is 28.9. The lowest BCUT2D eigenvalue weighted by Gasteiger charge is -2.09. The number of nitrogens with one attached hydrogen (secondary N) is 2. The number of anilines is 1. The average Bonchev–Trinajstić information content (AvgIpc) is 3.14.